The lowest BCUT2D eigenvalue weighted by Gasteiger charge is -2.13. The first-order valence-electron chi connectivity index (χ1n) is 9.90. The largest absolute Gasteiger partial charge is 0.485 e. The van der Waals surface area contributed by atoms with Gasteiger partial charge in [0.2, 0.25) is 0 Å². The van der Waals surface area contributed by atoms with E-state index in [2.05, 4.69) is 25.4 Å². The van der Waals surface area contributed by atoms with Crippen molar-refractivity contribution < 1.29 is 9.26 Å². The van der Waals surface area contributed by atoms with E-state index in [0.717, 1.165) is 37.3 Å². The molecule has 0 atom stereocenters. The third-order valence-electron chi connectivity index (χ3n) is 4.65. The van der Waals surface area contributed by atoms with Crippen LogP contribution in [0.2, 0.25) is 0 Å². The van der Waals surface area contributed by atoms with E-state index in [1.807, 2.05) is 67.9 Å². The number of hydrogen-bond acceptors (Lipinski definition) is 9. The Morgan fingerprint density at radius 1 is 1.09 bits per heavy atom. The topological polar surface area (TPSA) is 86.0 Å². The molecule has 0 unspecified atom stereocenters. The molecule has 11 heteroatoms. The summed E-state index contributed by atoms with van der Waals surface area (Å²) in [5.41, 5.74) is 3.37. The van der Waals surface area contributed by atoms with E-state index in [-0.39, 0.29) is 24.8 Å². The van der Waals surface area contributed by atoms with Crippen LogP contribution < -0.4 is 10.1 Å². The predicted molar refractivity (Wildman–Crippen MR) is 140 cm³/mol. The van der Waals surface area contributed by atoms with Gasteiger partial charge in [-0.2, -0.15) is 0 Å². The minimum absolute atomic E-state index is 0. The van der Waals surface area contributed by atoms with E-state index >= 15 is 0 Å². The van der Waals surface area contributed by atoms with E-state index < -0.39 is 0 Å². The minimum atomic E-state index is 0. The molecule has 0 bridgehead atoms. The van der Waals surface area contributed by atoms with E-state index in [0.29, 0.717) is 23.9 Å². The summed E-state index contributed by atoms with van der Waals surface area (Å²) >= 11 is 3.10. The molecule has 34 heavy (non-hydrogen) atoms. The van der Waals surface area contributed by atoms with Crippen molar-refractivity contribution in [2.24, 2.45) is 0 Å². The summed E-state index contributed by atoms with van der Waals surface area (Å²) in [6.45, 7) is 4.31. The zero-order valence-corrected chi connectivity index (χ0v) is 21.5. The molecular formula is C23H21Cl2N5O2S2. The smallest absolute Gasteiger partial charge is 0.259 e. The van der Waals surface area contributed by atoms with E-state index in [4.69, 9.17) is 9.26 Å². The first-order valence-corrected chi connectivity index (χ1v) is 11.6. The van der Waals surface area contributed by atoms with E-state index in [1.54, 1.807) is 18.0 Å². The van der Waals surface area contributed by atoms with Crippen LogP contribution in [0.4, 0.5) is 10.9 Å². The molecule has 1 N–H and O–H groups in total. The van der Waals surface area contributed by atoms with Gasteiger partial charge in [-0.3, -0.25) is 0 Å². The summed E-state index contributed by atoms with van der Waals surface area (Å²) in [5.74, 6) is 1.28. The number of halogens is 2. The summed E-state index contributed by atoms with van der Waals surface area (Å²) in [6.07, 6.45) is 3.54. The number of aryl methyl sites for hydroxylation is 2. The third-order valence-corrected chi connectivity index (χ3v) is 6.54. The Labute approximate surface area is 217 Å². The molecule has 4 aromatic heterocycles. The highest BCUT2D eigenvalue weighted by atomic mass is 35.5. The van der Waals surface area contributed by atoms with Crippen molar-refractivity contribution in [2.45, 2.75) is 30.2 Å². The molecule has 0 saturated heterocycles. The SMILES string of the molecule is Cc1csc(Nc2ncc(Sc3ccnc4onc(C)c34)cc2OCc2ccccc2)n1.Cl.Cl. The minimum Gasteiger partial charge on any atom is -0.485 e. The summed E-state index contributed by atoms with van der Waals surface area (Å²) in [6, 6.07) is 14.0. The van der Waals surface area contributed by atoms with Crippen LogP contribution in [-0.2, 0) is 6.61 Å². The van der Waals surface area contributed by atoms with Gasteiger partial charge in [0.1, 0.15) is 6.61 Å². The van der Waals surface area contributed by atoms with Crippen molar-refractivity contribution in [3.8, 4) is 5.75 Å². The van der Waals surface area contributed by atoms with Crippen LogP contribution in [-0.4, -0.2) is 20.1 Å². The molecule has 0 aliphatic carbocycles. The highest BCUT2D eigenvalue weighted by Crippen LogP contribution is 2.37. The number of nitrogens with zero attached hydrogens (tertiary/aromatic N) is 4. The second kappa shape index (κ2) is 11.5. The summed E-state index contributed by atoms with van der Waals surface area (Å²) < 4.78 is 11.5. The van der Waals surface area contributed by atoms with Crippen molar-refractivity contribution in [2.75, 3.05) is 5.32 Å². The standard InChI is InChI=1S/C23H19N5O2S2.2ClH/c1-14-13-31-23(26-14)27-21-18(29-12-16-6-4-3-5-7-16)10-17(11-25-21)32-19-8-9-24-22-20(19)15(2)28-30-22;;/h3-11,13H,12H2,1-2H3,(H,25,26,27);2*1H. The van der Waals surface area contributed by atoms with Gasteiger partial charge in [-0.25, -0.2) is 15.0 Å². The zero-order chi connectivity index (χ0) is 21.9. The van der Waals surface area contributed by atoms with Gasteiger partial charge in [-0.1, -0.05) is 47.3 Å². The normalized spacial score (nSPS) is 10.4. The van der Waals surface area contributed by atoms with Gasteiger partial charge in [0.25, 0.3) is 5.71 Å². The highest BCUT2D eigenvalue weighted by molar-refractivity contribution is 7.99. The maximum atomic E-state index is 6.17. The van der Waals surface area contributed by atoms with Gasteiger partial charge < -0.3 is 14.6 Å². The Morgan fingerprint density at radius 3 is 2.68 bits per heavy atom. The van der Waals surface area contributed by atoms with Gasteiger partial charge in [-0.05, 0) is 31.5 Å². The maximum absolute atomic E-state index is 6.17. The number of rotatable bonds is 7. The molecule has 4 heterocycles. The molecule has 5 aromatic rings. The number of benzene rings is 1. The fraction of sp³-hybridized carbons (Fsp3) is 0.130. The second-order valence-electron chi connectivity index (χ2n) is 7.07. The molecule has 1 aromatic carbocycles. The molecular weight excluding hydrogens is 513 g/mol. The van der Waals surface area contributed by atoms with Crippen molar-refractivity contribution in [1.82, 2.24) is 20.1 Å². The van der Waals surface area contributed by atoms with Gasteiger partial charge >= 0.3 is 0 Å². The quantitative estimate of drug-likeness (QED) is 0.239. The second-order valence-corrected chi connectivity index (χ2v) is 9.04. The third kappa shape index (κ3) is 5.79. The molecule has 0 aliphatic rings. The fourth-order valence-electron chi connectivity index (χ4n) is 3.13. The fourth-order valence-corrected chi connectivity index (χ4v) is 4.81. The Bertz CT molecular complexity index is 1380. The number of fused-ring (bicyclic) bond motifs is 1. The molecule has 0 spiro atoms. The van der Waals surface area contributed by atoms with Crippen LogP contribution in [0, 0.1) is 13.8 Å². The lowest BCUT2D eigenvalue weighted by atomic mass is 10.2. The van der Waals surface area contributed by atoms with Crippen LogP contribution in [0.15, 0.2) is 74.6 Å². The molecule has 0 radical (unpaired) electrons. The zero-order valence-electron chi connectivity index (χ0n) is 18.2. The molecule has 7 nitrogen and oxygen atoms in total. The lowest BCUT2D eigenvalue weighted by Crippen LogP contribution is -2.01. The van der Waals surface area contributed by atoms with Crippen LogP contribution in [0.5, 0.6) is 5.75 Å². The molecule has 0 amide bonds. The van der Waals surface area contributed by atoms with Gasteiger partial charge in [-0.15, -0.1) is 36.2 Å². The Hall–Kier alpha value is -2.85. The maximum Gasteiger partial charge on any atom is 0.259 e. The number of nitrogens with one attached hydrogen (secondary N) is 1. The first kappa shape index (κ1) is 25.8. The van der Waals surface area contributed by atoms with Crippen LogP contribution in [0.1, 0.15) is 17.0 Å². The number of ether oxygens (including phenoxy) is 1. The molecule has 0 fully saturated rings. The van der Waals surface area contributed by atoms with Gasteiger partial charge in [0.15, 0.2) is 16.7 Å². The van der Waals surface area contributed by atoms with E-state index in [1.165, 1.54) is 11.3 Å². The Balaban J connectivity index is 0.00000162. The van der Waals surface area contributed by atoms with Crippen molar-refractivity contribution in [3.05, 3.63) is 77.2 Å². The average Bonchev–Trinajstić information content (AvgIpc) is 3.40. The molecule has 0 saturated carbocycles. The number of hydrogen-bond donors (Lipinski definition) is 1. The van der Waals surface area contributed by atoms with E-state index in [9.17, 15) is 0 Å². The van der Waals surface area contributed by atoms with Gasteiger partial charge in [0.05, 0.1) is 16.8 Å². The van der Waals surface area contributed by atoms with Crippen LogP contribution >= 0.6 is 47.9 Å². The lowest BCUT2D eigenvalue weighted by molar-refractivity contribution is 0.306. The van der Waals surface area contributed by atoms with Gasteiger partial charge in [0, 0.05) is 27.6 Å². The number of thiazole rings is 1. The Kier molecular flexibility index (Phi) is 8.73. The van der Waals surface area contributed by atoms with Crippen LogP contribution in [0.25, 0.3) is 11.1 Å². The first-order chi connectivity index (χ1) is 15.7. The Morgan fingerprint density at radius 2 is 1.91 bits per heavy atom. The highest BCUT2D eigenvalue weighted by Gasteiger charge is 2.15. The average molecular weight is 534 g/mol. The van der Waals surface area contributed by atoms with Crippen molar-refractivity contribution in [3.63, 3.8) is 0 Å². The molecule has 176 valence electrons. The summed E-state index contributed by atoms with van der Waals surface area (Å²) in [4.78, 5) is 15.3. The summed E-state index contributed by atoms with van der Waals surface area (Å²) in [5, 5.41) is 11.0. The number of aromatic nitrogens is 4. The predicted octanol–water partition coefficient (Wildman–Crippen LogP) is 7.01. The van der Waals surface area contributed by atoms with Crippen molar-refractivity contribution >= 4 is 70.0 Å². The summed E-state index contributed by atoms with van der Waals surface area (Å²) in [7, 11) is 0. The van der Waals surface area contributed by atoms with Crippen molar-refractivity contribution in [1.29, 1.82) is 0 Å². The monoisotopic (exact) mass is 533 g/mol. The molecule has 0 aliphatic heterocycles. The molecule has 5 rings (SSSR count). The number of anilines is 2. The number of pyridine rings is 2. The van der Waals surface area contributed by atoms with Crippen LogP contribution in [0.3, 0.4) is 0 Å².